The molecule has 0 spiro atoms. The molecule has 2 fully saturated rings. The number of fused-ring (bicyclic) bond motifs is 1. The highest BCUT2D eigenvalue weighted by Gasteiger charge is 2.77. The molecule has 9 heteroatoms. The predicted octanol–water partition coefficient (Wildman–Crippen LogP) is 0.204. The Kier molecular flexibility index (Phi) is 4.34. The molecule has 2 saturated heterocycles. The third-order valence-electron chi connectivity index (χ3n) is 4.79. The Labute approximate surface area is 137 Å². The van der Waals surface area contributed by atoms with Crippen molar-refractivity contribution in [3.05, 3.63) is 0 Å². The summed E-state index contributed by atoms with van der Waals surface area (Å²) in [6.07, 6.45) is -5.03. The van der Waals surface area contributed by atoms with Crippen LogP contribution in [0.3, 0.4) is 0 Å². The molecule has 0 bridgehead atoms. The summed E-state index contributed by atoms with van der Waals surface area (Å²) in [5.41, 5.74) is 0. The van der Waals surface area contributed by atoms with E-state index in [1.165, 1.54) is 13.8 Å². The molecule has 0 amide bonds. The van der Waals surface area contributed by atoms with E-state index in [0.717, 1.165) is 0 Å². The quantitative estimate of drug-likeness (QED) is 0.420. The van der Waals surface area contributed by atoms with Crippen LogP contribution in [0.5, 0.6) is 0 Å². The van der Waals surface area contributed by atoms with Crippen molar-refractivity contribution in [1.82, 2.24) is 0 Å². The van der Waals surface area contributed by atoms with Crippen molar-refractivity contribution in [3.63, 3.8) is 0 Å². The van der Waals surface area contributed by atoms with Crippen LogP contribution in [-0.4, -0.2) is 64.8 Å². The van der Waals surface area contributed by atoms with Crippen LogP contribution >= 0.6 is 0 Å². The summed E-state index contributed by atoms with van der Waals surface area (Å²) in [6, 6.07) is 0. The van der Waals surface area contributed by atoms with Gasteiger partial charge in [-0.15, -0.1) is 0 Å². The fourth-order valence-corrected chi connectivity index (χ4v) is 3.61. The van der Waals surface area contributed by atoms with Gasteiger partial charge in [0.1, 0.15) is 0 Å². The standard InChI is InChI=1S/C14H28O8Si/c1-11(2,3)23(6,7)20-9(15)8-13(17)14(18,10(16)19-8)22-12(4,5)21-13/h8-10,15-18H,1-7H3/t8-,9?,10?,13+,14-/m1/s1. The van der Waals surface area contributed by atoms with Crippen LogP contribution in [-0.2, 0) is 18.6 Å². The second-order valence-electron chi connectivity index (χ2n) is 8.17. The van der Waals surface area contributed by atoms with Gasteiger partial charge in [0.15, 0.2) is 26.5 Å². The lowest BCUT2D eigenvalue weighted by atomic mass is 10.0. The molecule has 2 aliphatic heterocycles. The summed E-state index contributed by atoms with van der Waals surface area (Å²) in [4.78, 5) is 0. The largest absolute Gasteiger partial charge is 0.390 e. The molecule has 2 unspecified atom stereocenters. The minimum atomic E-state index is -2.51. The van der Waals surface area contributed by atoms with Crippen LogP contribution in [0.15, 0.2) is 0 Å². The van der Waals surface area contributed by atoms with Crippen LogP contribution in [0, 0.1) is 0 Å². The SMILES string of the molecule is CC1(C)O[C@@]2(O)[C@@H](C(O)O[Si](C)(C)C(C)(C)C)OC(O)[C@@]2(O)O1. The van der Waals surface area contributed by atoms with Gasteiger partial charge in [-0.1, -0.05) is 20.8 Å². The van der Waals surface area contributed by atoms with E-state index in [0.29, 0.717) is 0 Å². The number of aliphatic hydroxyl groups is 4. The molecule has 5 atom stereocenters. The lowest BCUT2D eigenvalue weighted by Gasteiger charge is -2.40. The lowest BCUT2D eigenvalue weighted by molar-refractivity contribution is -0.317. The predicted molar refractivity (Wildman–Crippen MR) is 81.3 cm³/mol. The van der Waals surface area contributed by atoms with Crippen molar-refractivity contribution >= 4 is 8.32 Å². The average molecular weight is 352 g/mol. The Morgan fingerprint density at radius 3 is 2.04 bits per heavy atom. The van der Waals surface area contributed by atoms with Crippen LogP contribution < -0.4 is 0 Å². The first kappa shape index (κ1) is 19.2. The second-order valence-corrected chi connectivity index (χ2v) is 12.9. The summed E-state index contributed by atoms with van der Waals surface area (Å²) >= 11 is 0. The van der Waals surface area contributed by atoms with Gasteiger partial charge in [0, 0.05) is 0 Å². The minimum Gasteiger partial charge on any atom is -0.390 e. The maximum absolute atomic E-state index is 10.7. The molecule has 2 aliphatic rings. The molecular weight excluding hydrogens is 324 g/mol. The molecule has 4 N–H and O–H groups in total. The van der Waals surface area contributed by atoms with Crippen molar-refractivity contribution in [2.24, 2.45) is 0 Å². The number of aliphatic hydroxyl groups excluding tert-OH is 2. The molecule has 0 saturated carbocycles. The fraction of sp³-hybridized carbons (Fsp3) is 1.00. The molecular formula is C14H28O8Si. The normalized spacial score (nSPS) is 41.9. The van der Waals surface area contributed by atoms with Gasteiger partial charge in [-0.2, -0.15) is 0 Å². The number of rotatable bonds is 3. The summed E-state index contributed by atoms with van der Waals surface area (Å²) in [5, 5.41) is 41.3. The second kappa shape index (κ2) is 5.20. The third kappa shape index (κ3) is 2.88. The van der Waals surface area contributed by atoms with Crippen LogP contribution in [0.4, 0.5) is 0 Å². The van der Waals surface area contributed by atoms with Gasteiger partial charge >= 0.3 is 0 Å². The van der Waals surface area contributed by atoms with E-state index < -0.39 is 44.4 Å². The van der Waals surface area contributed by atoms with Gasteiger partial charge in [0.05, 0.1) is 0 Å². The van der Waals surface area contributed by atoms with Gasteiger partial charge in [0.25, 0.3) is 11.6 Å². The van der Waals surface area contributed by atoms with Gasteiger partial charge < -0.3 is 39.1 Å². The van der Waals surface area contributed by atoms with Crippen molar-refractivity contribution in [2.45, 2.75) is 88.8 Å². The maximum Gasteiger partial charge on any atom is 0.279 e. The molecule has 136 valence electrons. The Morgan fingerprint density at radius 1 is 1.09 bits per heavy atom. The number of hydrogen-bond acceptors (Lipinski definition) is 8. The summed E-state index contributed by atoms with van der Waals surface area (Å²) < 4.78 is 21.4. The Hall–Kier alpha value is -0.103. The first-order chi connectivity index (χ1) is 10.1. The van der Waals surface area contributed by atoms with Crippen molar-refractivity contribution in [2.75, 3.05) is 0 Å². The molecule has 0 aromatic carbocycles. The first-order valence-electron chi connectivity index (χ1n) is 7.60. The summed E-state index contributed by atoms with van der Waals surface area (Å²) in [6.45, 7) is 12.7. The topological polar surface area (TPSA) is 118 Å². The van der Waals surface area contributed by atoms with E-state index in [-0.39, 0.29) is 5.04 Å². The average Bonchev–Trinajstić information content (AvgIpc) is 2.59. The van der Waals surface area contributed by atoms with Gasteiger partial charge in [-0.25, -0.2) is 0 Å². The molecule has 0 aliphatic carbocycles. The van der Waals surface area contributed by atoms with E-state index >= 15 is 0 Å². The molecule has 2 heterocycles. The van der Waals surface area contributed by atoms with E-state index in [4.69, 9.17) is 18.6 Å². The van der Waals surface area contributed by atoms with E-state index in [1.54, 1.807) is 0 Å². The van der Waals surface area contributed by atoms with E-state index in [2.05, 4.69) is 0 Å². The maximum atomic E-state index is 10.7. The molecule has 0 radical (unpaired) electrons. The highest BCUT2D eigenvalue weighted by atomic mass is 28.4. The van der Waals surface area contributed by atoms with Crippen molar-refractivity contribution in [3.8, 4) is 0 Å². The van der Waals surface area contributed by atoms with E-state index in [9.17, 15) is 20.4 Å². The third-order valence-corrected chi connectivity index (χ3v) is 9.24. The van der Waals surface area contributed by atoms with Crippen LogP contribution in [0.2, 0.25) is 18.1 Å². The van der Waals surface area contributed by atoms with E-state index in [1.807, 2.05) is 33.9 Å². The van der Waals surface area contributed by atoms with Gasteiger partial charge in [0.2, 0.25) is 6.29 Å². The fourth-order valence-electron chi connectivity index (χ4n) is 2.53. The van der Waals surface area contributed by atoms with Gasteiger partial charge in [-0.05, 0) is 32.0 Å². The molecule has 23 heavy (non-hydrogen) atoms. The zero-order valence-electron chi connectivity index (χ0n) is 14.7. The molecule has 8 nitrogen and oxygen atoms in total. The van der Waals surface area contributed by atoms with Gasteiger partial charge in [-0.3, -0.25) is 0 Å². The molecule has 0 aromatic heterocycles. The number of hydrogen-bond donors (Lipinski definition) is 4. The van der Waals surface area contributed by atoms with Crippen molar-refractivity contribution < 1.29 is 39.1 Å². The highest BCUT2D eigenvalue weighted by molar-refractivity contribution is 6.74. The van der Waals surface area contributed by atoms with Crippen molar-refractivity contribution in [1.29, 1.82) is 0 Å². The molecule has 2 rings (SSSR count). The van der Waals surface area contributed by atoms with Crippen LogP contribution in [0.1, 0.15) is 34.6 Å². The Bertz CT molecular complexity index is 476. The number of ether oxygens (including phenoxy) is 3. The Balaban J connectivity index is 2.27. The summed E-state index contributed by atoms with van der Waals surface area (Å²) in [7, 11) is -2.40. The zero-order valence-corrected chi connectivity index (χ0v) is 15.7. The highest BCUT2D eigenvalue weighted by Crippen LogP contribution is 2.52. The van der Waals surface area contributed by atoms with Crippen LogP contribution in [0.25, 0.3) is 0 Å². The monoisotopic (exact) mass is 352 g/mol. The zero-order chi connectivity index (χ0) is 18.1. The first-order valence-corrected chi connectivity index (χ1v) is 10.5. The lowest BCUT2D eigenvalue weighted by Crippen LogP contribution is -2.60. The smallest absolute Gasteiger partial charge is 0.279 e. The summed E-state index contributed by atoms with van der Waals surface area (Å²) in [5.74, 6) is -6.35. The minimum absolute atomic E-state index is 0.198. The molecule has 0 aromatic rings. The Morgan fingerprint density at radius 2 is 1.57 bits per heavy atom.